The number of aliphatic hydroxyl groups is 1. The van der Waals surface area contributed by atoms with Gasteiger partial charge in [0.15, 0.2) is 0 Å². The zero-order valence-electron chi connectivity index (χ0n) is 15.6. The van der Waals surface area contributed by atoms with Crippen LogP contribution in [-0.4, -0.2) is 61.3 Å². The Labute approximate surface area is 172 Å². The highest BCUT2D eigenvalue weighted by molar-refractivity contribution is 6.33. The van der Waals surface area contributed by atoms with Crippen molar-refractivity contribution in [1.82, 2.24) is 10.2 Å². The van der Waals surface area contributed by atoms with E-state index < -0.39 is 0 Å². The van der Waals surface area contributed by atoms with Crippen LogP contribution in [0.1, 0.15) is 42.5 Å². The minimum Gasteiger partial charge on any atom is -0.392 e. The molecule has 0 aliphatic carbocycles. The number of rotatable bonds is 2. The van der Waals surface area contributed by atoms with E-state index >= 15 is 0 Å². The van der Waals surface area contributed by atoms with E-state index in [2.05, 4.69) is 10.2 Å². The van der Waals surface area contributed by atoms with Crippen molar-refractivity contribution < 1.29 is 9.90 Å². The predicted octanol–water partition coefficient (Wildman–Crippen LogP) is 2.94. The Balaban J connectivity index is 0.00000210. The number of amides is 1. The first-order valence-corrected chi connectivity index (χ1v) is 10.2. The lowest BCUT2D eigenvalue weighted by Gasteiger charge is -2.48. The van der Waals surface area contributed by atoms with E-state index in [-0.39, 0.29) is 29.8 Å². The van der Waals surface area contributed by atoms with E-state index in [9.17, 15) is 9.90 Å². The summed E-state index contributed by atoms with van der Waals surface area (Å²) in [7, 11) is 0. The molecule has 3 aliphatic rings. The lowest BCUT2D eigenvalue weighted by atomic mass is 9.72. The third-order valence-electron chi connectivity index (χ3n) is 6.32. The molecular formula is C20H29Cl2N3O2. The standard InChI is InChI=1S/C20H28ClN3O2.ClH/c21-16-12-15(4-5-17(16)23-9-1-2-10-23)19(26)24-11-3-7-20(14-24)13-22-8-6-18(20)25;/h4-5,12,18,22,25H,1-3,6-11,13-14H2;1H/t18-,20-;/m0./s1. The van der Waals surface area contributed by atoms with Crippen molar-refractivity contribution in [3.05, 3.63) is 28.8 Å². The van der Waals surface area contributed by atoms with E-state index in [1.165, 1.54) is 12.8 Å². The maximum absolute atomic E-state index is 13.1. The third-order valence-corrected chi connectivity index (χ3v) is 6.62. The van der Waals surface area contributed by atoms with E-state index in [0.29, 0.717) is 17.1 Å². The lowest BCUT2D eigenvalue weighted by Crippen LogP contribution is -2.58. The molecule has 1 aromatic carbocycles. The summed E-state index contributed by atoms with van der Waals surface area (Å²) in [6.07, 6.45) is 4.73. The van der Waals surface area contributed by atoms with Gasteiger partial charge in [0, 0.05) is 43.7 Å². The maximum Gasteiger partial charge on any atom is 0.253 e. The van der Waals surface area contributed by atoms with Crippen LogP contribution in [0.25, 0.3) is 0 Å². The van der Waals surface area contributed by atoms with Crippen LogP contribution in [0.3, 0.4) is 0 Å². The molecule has 1 spiro atoms. The number of nitrogens with one attached hydrogen (secondary N) is 1. The van der Waals surface area contributed by atoms with E-state index in [4.69, 9.17) is 11.6 Å². The predicted molar refractivity (Wildman–Crippen MR) is 111 cm³/mol. The second kappa shape index (κ2) is 8.56. The monoisotopic (exact) mass is 413 g/mol. The molecule has 1 aromatic rings. The summed E-state index contributed by atoms with van der Waals surface area (Å²) in [6.45, 7) is 5.07. The zero-order valence-corrected chi connectivity index (χ0v) is 17.2. The van der Waals surface area contributed by atoms with Crippen LogP contribution in [0.2, 0.25) is 5.02 Å². The topological polar surface area (TPSA) is 55.8 Å². The molecule has 0 bridgehead atoms. The first kappa shape index (κ1) is 20.7. The summed E-state index contributed by atoms with van der Waals surface area (Å²) in [5.74, 6) is 0.0247. The summed E-state index contributed by atoms with van der Waals surface area (Å²) < 4.78 is 0. The normalized spacial score (nSPS) is 28.3. The third kappa shape index (κ3) is 4.07. The SMILES string of the molecule is Cl.O=C(c1ccc(N2CCCC2)c(Cl)c1)N1CCC[C@]2(CNCC[C@@H]2O)C1. The van der Waals surface area contributed by atoms with Gasteiger partial charge in [-0.2, -0.15) is 0 Å². The van der Waals surface area contributed by atoms with Crippen molar-refractivity contribution in [1.29, 1.82) is 0 Å². The van der Waals surface area contributed by atoms with Crippen LogP contribution < -0.4 is 10.2 Å². The number of benzene rings is 1. The van der Waals surface area contributed by atoms with E-state index in [1.54, 1.807) is 0 Å². The van der Waals surface area contributed by atoms with Gasteiger partial charge in [-0.3, -0.25) is 4.79 Å². The van der Waals surface area contributed by atoms with Gasteiger partial charge in [-0.15, -0.1) is 12.4 Å². The Morgan fingerprint density at radius 1 is 1.22 bits per heavy atom. The second-order valence-corrected chi connectivity index (χ2v) is 8.44. The van der Waals surface area contributed by atoms with Crippen molar-refractivity contribution in [2.75, 3.05) is 44.2 Å². The van der Waals surface area contributed by atoms with Crippen LogP contribution in [0.15, 0.2) is 18.2 Å². The number of carbonyl (C=O) groups excluding carboxylic acids is 1. The quantitative estimate of drug-likeness (QED) is 0.782. The van der Waals surface area contributed by atoms with Gasteiger partial charge in [-0.1, -0.05) is 11.6 Å². The van der Waals surface area contributed by atoms with E-state index in [1.807, 2.05) is 23.1 Å². The number of halogens is 2. The minimum atomic E-state index is -0.333. The average Bonchev–Trinajstić information content (AvgIpc) is 3.18. The van der Waals surface area contributed by atoms with Crippen molar-refractivity contribution >= 4 is 35.6 Å². The molecule has 0 unspecified atom stereocenters. The number of anilines is 1. The number of hydrogen-bond acceptors (Lipinski definition) is 4. The first-order valence-electron chi connectivity index (χ1n) is 9.82. The van der Waals surface area contributed by atoms with Crippen molar-refractivity contribution in [3.63, 3.8) is 0 Å². The highest BCUT2D eigenvalue weighted by Crippen LogP contribution is 2.37. The highest BCUT2D eigenvalue weighted by Gasteiger charge is 2.44. The molecule has 0 aromatic heterocycles. The fourth-order valence-corrected chi connectivity index (χ4v) is 5.09. The first-order chi connectivity index (χ1) is 12.6. The van der Waals surface area contributed by atoms with Crippen molar-refractivity contribution in [2.24, 2.45) is 5.41 Å². The Bertz CT molecular complexity index is 677. The van der Waals surface area contributed by atoms with Gasteiger partial charge in [-0.05, 0) is 56.8 Å². The molecule has 2 N–H and O–H groups in total. The minimum absolute atomic E-state index is 0. The largest absolute Gasteiger partial charge is 0.392 e. The van der Waals surface area contributed by atoms with Crippen molar-refractivity contribution in [3.8, 4) is 0 Å². The number of hydrogen-bond donors (Lipinski definition) is 2. The molecular weight excluding hydrogens is 385 g/mol. The molecule has 3 heterocycles. The van der Waals surface area contributed by atoms with Gasteiger partial charge in [0.25, 0.3) is 5.91 Å². The van der Waals surface area contributed by atoms with Crippen molar-refractivity contribution in [2.45, 2.75) is 38.2 Å². The number of likely N-dealkylation sites (tertiary alicyclic amines) is 1. The fraction of sp³-hybridized carbons (Fsp3) is 0.650. The Hall–Kier alpha value is -1.01. The molecule has 7 heteroatoms. The molecule has 5 nitrogen and oxygen atoms in total. The molecule has 4 rings (SSSR count). The van der Waals surface area contributed by atoms with Crippen LogP contribution >= 0.6 is 24.0 Å². The summed E-state index contributed by atoms with van der Waals surface area (Å²) >= 11 is 6.50. The van der Waals surface area contributed by atoms with Gasteiger partial charge in [0.05, 0.1) is 16.8 Å². The molecule has 3 saturated heterocycles. The van der Waals surface area contributed by atoms with Gasteiger partial charge < -0.3 is 20.2 Å². The van der Waals surface area contributed by atoms with Gasteiger partial charge in [0.2, 0.25) is 0 Å². The smallest absolute Gasteiger partial charge is 0.253 e. The van der Waals surface area contributed by atoms with Gasteiger partial charge in [0.1, 0.15) is 0 Å². The molecule has 3 fully saturated rings. The number of nitrogens with zero attached hydrogens (tertiary/aromatic N) is 2. The van der Waals surface area contributed by atoms with Crippen LogP contribution in [0, 0.1) is 5.41 Å². The Morgan fingerprint density at radius 2 is 2.00 bits per heavy atom. The summed E-state index contributed by atoms with van der Waals surface area (Å²) in [4.78, 5) is 17.3. The second-order valence-electron chi connectivity index (χ2n) is 8.03. The molecule has 3 aliphatic heterocycles. The number of carbonyl (C=O) groups is 1. The molecule has 27 heavy (non-hydrogen) atoms. The maximum atomic E-state index is 13.1. The molecule has 150 valence electrons. The zero-order chi connectivity index (χ0) is 18.1. The number of aliphatic hydroxyl groups excluding tert-OH is 1. The average molecular weight is 414 g/mol. The fourth-order valence-electron chi connectivity index (χ4n) is 4.79. The van der Waals surface area contributed by atoms with Gasteiger partial charge in [-0.25, -0.2) is 0 Å². The van der Waals surface area contributed by atoms with Crippen LogP contribution in [-0.2, 0) is 0 Å². The molecule has 2 atom stereocenters. The summed E-state index contributed by atoms with van der Waals surface area (Å²) in [5.41, 5.74) is 1.47. The summed E-state index contributed by atoms with van der Waals surface area (Å²) in [5, 5.41) is 14.6. The highest BCUT2D eigenvalue weighted by atomic mass is 35.5. The number of piperidine rings is 2. The van der Waals surface area contributed by atoms with Crippen LogP contribution in [0.4, 0.5) is 5.69 Å². The Morgan fingerprint density at radius 3 is 2.70 bits per heavy atom. The van der Waals surface area contributed by atoms with Gasteiger partial charge >= 0.3 is 0 Å². The van der Waals surface area contributed by atoms with Crippen LogP contribution in [0.5, 0.6) is 0 Å². The molecule has 0 radical (unpaired) electrons. The summed E-state index contributed by atoms with van der Waals surface area (Å²) in [6, 6.07) is 5.70. The molecule has 0 saturated carbocycles. The Kier molecular flexibility index (Phi) is 6.57. The van der Waals surface area contributed by atoms with E-state index in [0.717, 1.165) is 57.7 Å². The molecule has 1 amide bonds. The lowest BCUT2D eigenvalue weighted by molar-refractivity contribution is -0.0433.